The summed E-state index contributed by atoms with van der Waals surface area (Å²) in [6.45, 7) is 4.81. The van der Waals surface area contributed by atoms with Crippen molar-refractivity contribution in [3.8, 4) is 5.75 Å². The highest BCUT2D eigenvalue weighted by atomic mass is 32.1. The summed E-state index contributed by atoms with van der Waals surface area (Å²) in [4.78, 5) is 17.2. The molecule has 1 heterocycles. The number of amides is 2. The fraction of sp³-hybridized carbons (Fsp3) is 0.421. The third-order valence-electron chi connectivity index (χ3n) is 4.33. The first kappa shape index (κ1) is 16.8. The maximum Gasteiger partial charge on any atom is 0.318 e. The van der Waals surface area contributed by atoms with Gasteiger partial charge in [-0.15, -0.1) is 11.3 Å². The summed E-state index contributed by atoms with van der Waals surface area (Å²) in [6.07, 6.45) is 2.21. The van der Waals surface area contributed by atoms with Crippen molar-refractivity contribution in [3.63, 3.8) is 0 Å². The van der Waals surface area contributed by atoms with Crippen LogP contribution in [0, 0.1) is 6.92 Å². The Morgan fingerprint density at radius 2 is 2.00 bits per heavy atom. The van der Waals surface area contributed by atoms with Crippen LogP contribution in [-0.2, 0) is 6.54 Å². The third kappa shape index (κ3) is 4.09. The van der Waals surface area contributed by atoms with Crippen molar-refractivity contribution in [1.82, 2.24) is 10.2 Å². The summed E-state index contributed by atoms with van der Waals surface area (Å²) >= 11 is 1.76. The predicted octanol–water partition coefficient (Wildman–Crippen LogP) is 4.50. The number of nitrogens with one attached hydrogen (secondary N) is 1. The van der Waals surface area contributed by atoms with E-state index in [1.54, 1.807) is 18.4 Å². The summed E-state index contributed by atoms with van der Waals surface area (Å²) in [5, 5.41) is 3.13. The molecule has 0 spiro atoms. The third-order valence-corrected chi connectivity index (χ3v) is 5.31. The Morgan fingerprint density at radius 3 is 2.54 bits per heavy atom. The van der Waals surface area contributed by atoms with E-state index in [9.17, 15) is 4.79 Å². The predicted molar refractivity (Wildman–Crippen MR) is 97.6 cm³/mol. The van der Waals surface area contributed by atoms with Crippen LogP contribution in [0.15, 0.2) is 36.4 Å². The van der Waals surface area contributed by atoms with E-state index in [1.165, 1.54) is 9.75 Å². The molecule has 1 aromatic heterocycles. The summed E-state index contributed by atoms with van der Waals surface area (Å²) in [6, 6.07) is 12.4. The standard InChI is InChI=1S/C19H24N2O2S/c1-13-4-11-18(24-13)12-21(16-7-8-16)19(22)20-14(2)15-5-9-17(23-3)10-6-15/h4-6,9-11,14,16H,7-8,12H2,1-3H3,(H,20,22)/t14-/m1/s1. The molecule has 1 aliphatic rings. The molecule has 1 aliphatic carbocycles. The van der Waals surface area contributed by atoms with Gasteiger partial charge in [-0.2, -0.15) is 0 Å². The smallest absolute Gasteiger partial charge is 0.318 e. The van der Waals surface area contributed by atoms with Crippen LogP contribution in [0.1, 0.15) is 41.1 Å². The van der Waals surface area contributed by atoms with Crippen molar-refractivity contribution in [1.29, 1.82) is 0 Å². The molecule has 24 heavy (non-hydrogen) atoms. The summed E-state index contributed by atoms with van der Waals surface area (Å²) in [7, 11) is 1.65. The van der Waals surface area contributed by atoms with Crippen LogP contribution >= 0.6 is 11.3 Å². The number of hydrogen-bond donors (Lipinski definition) is 1. The van der Waals surface area contributed by atoms with Crippen LogP contribution in [0.2, 0.25) is 0 Å². The van der Waals surface area contributed by atoms with E-state index in [0.717, 1.165) is 24.2 Å². The monoisotopic (exact) mass is 344 g/mol. The number of methoxy groups -OCH3 is 1. The Hall–Kier alpha value is -2.01. The van der Waals surface area contributed by atoms with Crippen molar-refractivity contribution in [3.05, 3.63) is 51.7 Å². The Balaban J connectivity index is 1.64. The summed E-state index contributed by atoms with van der Waals surface area (Å²) in [5.74, 6) is 0.824. The van der Waals surface area contributed by atoms with Gasteiger partial charge in [-0.3, -0.25) is 0 Å². The lowest BCUT2D eigenvalue weighted by molar-refractivity contribution is 0.189. The highest BCUT2D eigenvalue weighted by Crippen LogP contribution is 2.30. The minimum absolute atomic E-state index is 0.0203. The number of carbonyl (C=O) groups excluding carboxylic acids is 1. The van der Waals surface area contributed by atoms with Crippen LogP contribution in [0.5, 0.6) is 5.75 Å². The Bertz CT molecular complexity index is 692. The average molecular weight is 344 g/mol. The molecule has 0 saturated heterocycles. The first-order valence-corrected chi connectivity index (χ1v) is 9.15. The van der Waals surface area contributed by atoms with Crippen LogP contribution in [0.3, 0.4) is 0 Å². The molecule has 1 saturated carbocycles. The van der Waals surface area contributed by atoms with E-state index in [-0.39, 0.29) is 12.1 Å². The fourth-order valence-corrected chi connectivity index (χ4v) is 3.62. The van der Waals surface area contributed by atoms with Gasteiger partial charge in [0.1, 0.15) is 5.75 Å². The minimum atomic E-state index is -0.0327. The molecule has 0 bridgehead atoms. The van der Waals surface area contributed by atoms with E-state index >= 15 is 0 Å². The SMILES string of the molecule is COc1ccc([C@@H](C)NC(=O)N(Cc2ccc(C)s2)C2CC2)cc1. The lowest BCUT2D eigenvalue weighted by Crippen LogP contribution is -2.41. The second kappa shape index (κ2) is 7.26. The van der Waals surface area contributed by atoms with Gasteiger partial charge in [0.05, 0.1) is 19.7 Å². The number of rotatable bonds is 6. The van der Waals surface area contributed by atoms with E-state index in [0.29, 0.717) is 12.6 Å². The number of thiophene rings is 1. The zero-order valence-electron chi connectivity index (χ0n) is 14.4. The van der Waals surface area contributed by atoms with Gasteiger partial charge in [0.2, 0.25) is 0 Å². The van der Waals surface area contributed by atoms with Gasteiger partial charge in [0.25, 0.3) is 0 Å². The highest BCUT2D eigenvalue weighted by Gasteiger charge is 2.33. The Morgan fingerprint density at radius 1 is 1.29 bits per heavy atom. The van der Waals surface area contributed by atoms with E-state index in [2.05, 4.69) is 24.4 Å². The van der Waals surface area contributed by atoms with Gasteiger partial charge in [-0.1, -0.05) is 12.1 Å². The lowest BCUT2D eigenvalue weighted by atomic mass is 10.1. The number of aryl methyl sites for hydroxylation is 1. The maximum atomic E-state index is 12.7. The largest absolute Gasteiger partial charge is 0.497 e. The summed E-state index contributed by atoms with van der Waals surface area (Å²) < 4.78 is 5.18. The number of benzene rings is 1. The van der Waals surface area contributed by atoms with Crippen LogP contribution in [0.4, 0.5) is 4.79 Å². The molecule has 1 aromatic carbocycles. The molecule has 1 atom stereocenters. The van der Waals surface area contributed by atoms with Crippen molar-refractivity contribution in [2.24, 2.45) is 0 Å². The van der Waals surface area contributed by atoms with Gasteiger partial charge in [-0.05, 0) is 56.5 Å². The van der Waals surface area contributed by atoms with Gasteiger partial charge in [0, 0.05) is 15.8 Å². The molecule has 0 radical (unpaired) electrons. The lowest BCUT2D eigenvalue weighted by Gasteiger charge is -2.25. The van der Waals surface area contributed by atoms with Crippen molar-refractivity contribution in [2.45, 2.75) is 45.3 Å². The molecule has 0 aliphatic heterocycles. The molecule has 3 rings (SSSR count). The van der Waals surface area contributed by atoms with Crippen LogP contribution in [0.25, 0.3) is 0 Å². The van der Waals surface area contributed by atoms with Crippen LogP contribution < -0.4 is 10.1 Å². The van der Waals surface area contributed by atoms with E-state index in [4.69, 9.17) is 4.74 Å². The average Bonchev–Trinajstić information content (AvgIpc) is 3.34. The molecule has 5 heteroatoms. The van der Waals surface area contributed by atoms with Gasteiger partial charge < -0.3 is 15.0 Å². The second-order valence-corrected chi connectivity index (χ2v) is 7.69. The molecule has 1 N–H and O–H groups in total. The Labute approximate surface area is 147 Å². The zero-order chi connectivity index (χ0) is 17.1. The zero-order valence-corrected chi connectivity index (χ0v) is 15.2. The van der Waals surface area contributed by atoms with Gasteiger partial charge in [0.15, 0.2) is 0 Å². The van der Waals surface area contributed by atoms with Crippen molar-refractivity contribution >= 4 is 17.4 Å². The molecular weight excluding hydrogens is 320 g/mol. The summed E-state index contributed by atoms with van der Waals surface area (Å²) in [5.41, 5.74) is 1.08. The number of urea groups is 1. The quantitative estimate of drug-likeness (QED) is 0.838. The number of carbonyl (C=O) groups is 1. The molecule has 128 valence electrons. The maximum absolute atomic E-state index is 12.7. The van der Waals surface area contributed by atoms with E-state index in [1.807, 2.05) is 36.1 Å². The van der Waals surface area contributed by atoms with E-state index < -0.39 is 0 Å². The van der Waals surface area contributed by atoms with Crippen molar-refractivity contribution < 1.29 is 9.53 Å². The number of nitrogens with zero attached hydrogens (tertiary/aromatic N) is 1. The minimum Gasteiger partial charge on any atom is -0.497 e. The topological polar surface area (TPSA) is 41.6 Å². The fourth-order valence-electron chi connectivity index (χ4n) is 2.73. The number of ether oxygens (including phenoxy) is 1. The highest BCUT2D eigenvalue weighted by molar-refractivity contribution is 7.11. The first-order chi connectivity index (χ1) is 11.6. The molecule has 4 nitrogen and oxygen atoms in total. The molecule has 1 fully saturated rings. The Kier molecular flexibility index (Phi) is 5.09. The number of hydrogen-bond acceptors (Lipinski definition) is 3. The molecule has 0 unspecified atom stereocenters. The normalized spacial score (nSPS) is 15.0. The van der Waals surface area contributed by atoms with Gasteiger partial charge in [-0.25, -0.2) is 4.79 Å². The molecule has 2 aromatic rings. The molecular formula is C19H24N2O2S. The molecule has 2 amide bonds. The van der Waals surface area contributed by atoms with Crippen molar-refractivity contribution in [2.75, 3.05) is 7.11 Å². The van der Waals surface area contributed by atoms with Crippen LogP contribution in [-0.4, -0.2) is 24.1 Å². The first-order valence-electron chi connectivity index (χ1n) is 8.33. The van der Waals surface area contributed by atoms with Gasteiger partial charge >= 0.3 is 6.03 Å². The second-order valence-electron chi connectivity index (χ2n) is 6.32.